The molecule has 50 heavy (non-hydrogen) atoms. The minimum Gasteiger partial charge on any atom is -0.489 e. The Labute approximate surface area is 287 Å². The second-order valence-corrected chi connectivity index (χ2v) is 13.4. The maximum atomic E-state index is 14.7. The van der Waals surface area contributed by atoms with Crippen LogP contribution < -0.4 is 21.5 Å². The van der Waals surface area contributed by atoms with Gasteiger partial charge in [-0.15, -0.1) is 0 Å². The van der Waals surface area contributed by atoms with Crippen LogP contribution in [0.5, 0.6) is 5.75 Å². The number of nitrogens with two attached hydrogens (primary N) is 2. The lowest BCUT2D eigenvalue weighted by atomic mass is 10.00. The number of halogens is 3. The Kier molecular flexibility index (Phi) is 10.4. The fourth-order valence-electron chi connectivity index (χ4n) is 7.16. The lowest BCUT2D eigenvalue weighted by Gasteiger charge is -2.30. The first-order valence-corrected chi connectivity index (χ1v) is 16.8. The third-order valence-corrected chi connectivity index (χ3v) is 9.83. The van der Waals surface area contributed by atoms with Gasteiger partial charge in [0.1, 0.15) is 30.3 Å². The lowest BCUT2D eigenvalue weighted by molar-refractivity contribution is -0.141. The van der Waals surface area contributed by atoms with Crippen LogP contribution in [0.25, 0.3) is 0 Å². The van der Waals surface area contributed by atoms with Crippen LogP contribution in [0.4, 0.5) is 13.2 Å². The first-order valence-electron chi connectivity index (χ1n) is 16.8. The molecule has 6 rings (SSSR count). The van der Waals surface area contributed by atoms with Crippen molar-refractivity contribution in [2.24, 2.45) is 17.4 Å². The topological polar surface area (TPSA) is 148 Å². The van der Waals surface area contributed by atoms with Gasteiger partial charge in [-0.2, -0.15) is 0 Å². The van der Waals surface area contributed by atoms with Crippen molar-refractivity contribution in [3.63, 3.8) is 0 Å². The van der Waals surface area contributed by atoms with Crippen molar-refractivity contribution in [3.8, 4) is 5.75 Å². The van der Waals surface area contributed by atoms with Crippen molar-refractivity contribution in [1.29, 1.82) is 0 Å². The molecule has 5 unspecified atom stereocenters. The summed E-state index contributed by atoms with van der Waals surface area (Å²) in [7, 11) is 0. The number of primary amides is 1. The smallest absolute Gasteiger partial charge is 0.243 e. The number of carbonyl (C=O) groups is 4. The van der Waals surface area contributed by atoms with E-state index < -0.39 is 65.2 Å². The van der Waals surface area contributed by atoms with Gasteiger partial charge in [0.25, 0.3) is 0 Å². The van der Waals surface area contributed by atoms with E-state index in [0.29, 0.717) is 43.8 Å². The highest BCUT2D eigenvalue weighted by Crippen LogP contribution is 2.48. The van der Waals surface area contributed by atoms with E-state index in [1.54, 1.807) is 12.1 Å². The molecule has 10 nitrogen and oxygen atoms in total. The third kappa shape index (κ3) is 7.93. The van der Waals surface area contributed by atoms with Crippen LogP contribution in [0.2, 0.25) is 0 Å². The molecule has 3 fully saturated rings. The molecule has 3 aromatic rings. The Morgan fingerprint density at radius 3 is 2.32 bits per heavy atom. The molecule has 1 aliphatic carbocycles. The Morgan fingerprint density at radius 1 is 0.880 bits per heavy atom. The Bertz CT molecular complexity index is 1740. The summed E-state index contributed by atoms with van der Waals surface area (Å²) in [5.74, 6) is -4.96. The molecule has 5 N–H and O–H groups in total. The summed E-state index contributed by atoms with van der Waals surface area (Å²) < 4.78 is 48.3. The predicted molar refractivity (Wildman–Crippen MR) is 177 cm³/mol. The number of carbonyl (C=O) groups excluding carboxylic acids is 4. The molecule has 2 saturated heterocycles. The van der Waals surface area contributed by atoms with E-state index in [1.807, 2.05) is 42.5 Å². The molecule has 0 spiro atoms. The minimum absolute atomic E-state index is 0.140. The maximum absolute atomic E-state index is 14.7. The van der Waals surface area contributed by atoms with Crippen LogP contribution in [0, 0.1) is 23.4 Å². The quantitative estimate of drug-likeness (QED) is 0.235. The highest BCUT2D eigenvalue weighted by atomic mass is 19.2. The molecule has 3 aliphatic rings. The van der Waals surface area contributed by atoms with Crippen molar-refractivity contribution < 1.29 is 37.1 Å². The molecule has 4 amide bonds. The zero-order valence-corrected chi connectivity index (χ0v) is 27.4. The molecule has 6 atom stereocenters. The van der Waals surface area contributed by atoms with Gasteiger partial charge in [-0.1, -0.05) is 42.5 Å². The molecule has 0 aromatic heterocycles. The van der Waals surface area contributed by atoms with Crippen LogP contribution in [0.3, 0.4) is 0 Å². The Morgan fingerprint density at radius 2 is 1.60 bits per heavy atom. The molecular weight excluding hydrogens is 651 g/mol. The molecule has 3 aromatic carbocycles. The highest BCUT2D eigenvalue weighted by molar-refractivity contribution is 5.91. The summed E-state index contributed by atoms with van der Waals surface area (Å²) in [6, 6.07) is 14.3. The van der Waals surface area contributed by atoms with E-state index in [0.717, 1.165) is 17.5 Å². The monoisotopic (exact) mass is 691 g/mol. The molecule has 2 aliphatic heterocycles. The molecule has 2 heterocycles. The summed E-state index contributed by atoms with van der Waals surface area (Å²) in [6.45, 7) is 0.698. The second-order valence-electron chi connectivity index (χ2n) is 13.4. The molecule has 264 valence electrons. The predicted octanol–water partition coefficient (Wildman–Crippen LogP) is 3.14. The molecule has 1 saturated carbocycles. The molecule has 13 heteroatoms. The Hall–Kier alpha value is -4.91. The van der Waals surface area contributed by atoms with Gasteiger partial charge in [0.05, 0.1) is 6.04 Å². The van der Waals surface area contributed by atoms with Crippen LogP contribution in [0.15, 0.2) is 66.7 Å². The largest absolute Gasteiger partial charge is 0.489 e. The van der Waals surface area contributed by atoms with Crippen LogP contribution in [-0.2, 0) is 38.6 Å². The van der Waals surface area contributed by atoms with E-state index in [2.05, 4.69) is 5.32 Å². The van der Waals surface area contributed by atoms with Gasteiger partial charge in [-0.25, -0.2) is 13.2 Å². The average Bonchev–Trinajstić information content (AvgIpc) is 3.48. The number of likely N-dealkylation sites (tertiary alicyclic amines) is 2. The minimum atomic E-state index is -1.37. The number of nitrogens with zero attached hydrogens (tertiary/aromatic N) is 2. The summed E-state index contributed by atoms with van der Waals surface area (Å²) >= 11 is 0. The average molecular weight is 692 g/mol. The summed E-state index contributed by atoms with van der Waals surface area (Å²) in [5.41, 5.74) is 13.5. The number of rotatable bonds is 13. The van der Waals surface area contributed by atoms with Gasteiger partial charge in [0, 0.05) is 31.1 Å². The number of fused-ring (bicyclic) bond motifs is 1. The van der Waals surface area contributed by atoms with E-state index in [1.165, 1.54) is 9.80 Å². The summed E-state index contributed by atoms with van der Waals surface area (Å²) in [6.07, 6.45) is 1.58. The van der Waals surface area contributed by atoms with Gasteiger partial charge < -0.3 is 31.3 Å². The number of amides is 4. The highest BCUT2D eigenvalue weighted by Gasteiger charge is 2.55. The van der Waals surface area contributed by atoms with Gasteiger partial charge >= 0.3 is 0 Å². The Balaban J connectivity index is 1.10. The van der Waals surface area contributed by atoms with E-state index in [4.69, 9.17) is 16.2 Å². The number of piperidine rings is 1. The number of hydrogen-bond acceptors (Lipinski definition) is 6. The van der Waals surface area contributed by atoms with Gasteiger partial charge in [-0.3, -0.25) is 19.2 Å². The van der Waals surface area contributed by atoms with E-state index >= 15 is 0 Å². The van der Waals surface area contributed by atoms with E-state index in [9.17, 15) is 32.3 Å². The van der Waals surface area contributed by atoms with Crippen LogP contribution >= 0.6 is 0 Å². The number of hydrogen-bond donors (Lipinski definition) is 3. The third-order valence-electron chi connectivity index (χ3n) is 9.83. The number of ether oxygens (including phenoxy) is 1. The standard InChI is InChI=1S/C37H40F3N5O5/c38-27-19-29(40)28(39)15-23(27)14-25(18-34(46)45-32-16-24(32)17-33(45)35(42)47)43-36(48)31-7-4-12-44(31)37(49)30(41)13-21-8-10-26(11-9-21)50-20-22-5-2-1-3-6-22/h1-3,5-6,8-11,15,19,24-25,30-33H,4,7,12-14,16-18,20,41H2,(H2,42,47)(H,43,48)/t24?,25-,30?,31?,32?,33?/m1/s1. The second kappa shape index (κ2) is 14.9. The SMILES string of the molecule is NC(=O)C1CC2CC2N1C(=O)C[C@@H](Cc1cc(F)c(F)cc1F)NC(=O)C1CCCN1C(=O)C(N)Cc1ccc(OCc2ccccc2)cc1. The lowest BCUT2D eigenvalue weighted by Crippen LogP contribution is -2.54. The van der Waals surface area contributed by atoms with Crippen molar-refractivity contribution in [3.05, 3.63) is 101 Å². The molecule has 0 bridgehead atoms. The van der Waals surface area contributed by atoms with Crippen LogP contribution in [0.1, 0.15) is 48.8 Å². The molecule has 0 radical (unpaired) electrons. The van der Waals surface area contributed by atoms with Crippen molar-refractivity contribution >= 4 is 23.6 Å². The van der Waals surface area contributed by atoms with Crippen LogP contribution in [-0.4, -0.2) is 70.2 Å². The van der Waals surface area contributed by atoms with E-state index in [-0.39, 0.29) is 43.3 Å². The van der Waals surface area contributed by atoms with Crippen molar-refractivity contribution in [2.45, 2.75) is 81.8 Å². The van der Waals surface area contributed by atoms with Crippen molar-refractivity contribution in [2.75, 3.05) is 6.54 Å². The zero-order chi connectivity index (χ0) is 35.5. The normalized spacial score (nSPS) is 22.1. The summed E-state index contributed by atoms with van der Waals surface area (Å²) in [4.78, 5) is 55.7. The fourth-order valence-corrected chi connectivity index (χ4v) is 7.16. The van der Waals surface area contributed by atoms with Gasteiger partial charge in [0.2, 0.25) is 23.6 Å². The van der Waals surface area contributed by atoms with Gasteiger partial charge in [-0.05, 0) is 79.3 Å². The first-order chi connectivity index (χ1) is 24.0. The van der Waals surface area contributed by atoms with Gasteiger partial charge in [0.15, 0.2) is 11.6 Å². The summed E-state index contributed by atoms with van der Waals surface area (Å²) in [5, 5.41) is 2.76. The zero-order valence-electron chi connectivity index (χ0n) is 27.4. The maximum Gasteiger partial charge on any atom is 0.243 e. The fraction of sp³-hybridized carbons (Fsp3) is 0.405. The first kappa shape index (κ1) is 34.9. The molecular formula is C37H40F3N5O5. The number of nitrogens with one attached hydrogen (secondary N) is 1. The number of benzene rings is 3. The van der Waals surface area contributed by atoms with Crippen molar-refractivity contribution in [1.82, 2.24) is 15.1 Å².